The van der Waals surface area contributed by atoms with Crippen molar-refractivity contribution >= 4 is 39.6 Å². The average Bonchev–Trinajstić information content (AvgIpc) is 2.93. The van der Waals surface area contributed by atoms with E-state index in [0.717, 1.165) is 5.56 Å². The number of esters is 1. The van der Waals surface area contributed by atoms with E-state index in [1.807, 2.05) is 13.2 Å². The van der Waals surface area contributed by atoms with Gasteiger partial charge in [-0.15, -0.1) is 0 Å². The predicted molar refractivity (Wildman–Crippen MR) is 145 cm³/mol. The lowest BCUT2D eigenvalue weighted by Crippen LogP contribution is -2.51. The lowest BCUT2D eigenvalue weighted by Gasteiger charge is -2.34. The molecule has 10 nitrogen and oxygen atoms in total. The zero-order valence-corrected chi connectivity index (χ0v) is 23.3. The number of hydrogen-bond donors (Lipinski definition) is 1. The number of para-hydroxylation sites is 1. The fourth-order valence-corrected chi connectivity index (χ4v) is 5.81. The molecule has 2 amide bonds. The Morgan fingerprint density at radius 1 is 1.03 bits per heavy atom. The summed E-state index contributed by atoms with van der Waals surface area (Å²) in [7, 11) is -2.20. The maximum atomic E-state index is 12.9. The molecule has 1 heterocycles. The van der Waals surface area contributed by atoms with E-state index in [9.17, 15) is 22.8 Å². The molecular formula is C26H33N3O7S2. The Bertz CT molecular complexity index is 1230. The smallest absolute Gasteiger partial charge is 0.329 e. The van der Waals surface area contributed by atoms with Crippen molar-refractivity contribution in [2.24, 2.45) is 0 Å². The molecule has 0 aliphatic carbocycles. The summed E-state index contributed by atoms with van der Waals surface area (Å²) in [6, 6.07) is 12.4. The van der Waals surface area contributed by atoms with Crippen LogP contribution in [-0.2, 0) is 24.3 Å². The van der Waals surface area contributed by atoms with Crippen LogP contribution in [0.2, 0.25) is 0 Å². The van der Waals surface area contributed by atoms with Crippen molar-refractivity contribution < 1.29 is 32.3 Å². The van der Waals surface area contributed by atoms with Crippen LogP contribution in [0.3, 0.4) is 0 Å². The number of hydrogen-bond acceptors (Lipinski definition) is 8. The quantitative estimate of drug-likeness (QED) is 0.412. The molecule has 206 valence electrons. The van der Waals surface area contributed by atoms with Crippen LogP contribution in [-0.4, -0.2) is 93.4 Å². The highest BCUT2D eigenvalue weighted by molar-refractivity contribution is 7.98. The van der Waals surface area contributed by atoms with Gasteiger partial charge in [-0.25, -0.2) is 13.2 Å². The summed E-state index contributed by atoms with van der Waals surface area (Å²) in [5.41, 5.74) is 1.25. The summed E-state index contributed by atoms with van der Waals surface area (Å²) >= 11 is 1.51. The van der Waals surface area contributed by atoms with Crippen LogP contribution in [0, 0.1) is 6.92 Å². The summed E-state index contributed by atoms with van der Waals surface area (Å²) < 4.78 is 37.6. The second kappa shape index (κ2) is 13.6. The van der Waals surface area contributed by atoms with Gasteiger partial charge in [0.25, 0.3) is 11.8 Å². The van der Waals surface area contributed by atoms with Crippen LogP contribution in [0.15, 0.2) is 53.4 Å². The lowest BCUT2D eigenvalue weighted by molar-refractivity contribution is -0.154. The third kappa shape index (κ3) is 7.49. The van der Waals surface area contributed by atoms with Gasteiger partial charge in [-0.1, -0.05) is 29.8 Å². The van der Waals surface area contributed by atoms with Gasteiger partial charge in [0.1, 0.15) is 11.8 Å². The topological polar surface area (TPSA) is 122 Å². The molecule has 3 rings (SSSR count). The van der Waals surface area contributed by atoms with E-state index in [1.165, 1.54) is 28.1 Å². The first kappa shape index (κ1) is 29.5. The number of rotatable bonds is 11. The van der Waals surface area contributed by atoms with E-state index in [1.54, 1.807) is 48.5 Å². The number of aryl methyl sites for hydroxylation is 1. The Kier molecular flexibility index (Phi) is 10.6. The monoisotopic (exact) mass is 563 g/mol. The predicted octanol–water partition coefficient (Wildman–Crippen LogP) is 1.93. The summed E-state index contributed by atoms with van der Waals surface area (Å²) in [4.78, 5) is 40.0. The first-order valence-electron chi connectivity index (χ1n) is 12.1. The Labute approximate surface area is 227 Å². The molecule has 0 aromatic heterocycles. The Balaban J connectivity index is 1.54. The summed E-state index contributed by atoms with van der Waals surface area (Å²) in [6.07, 6.45) is 2.21. The molecule has 1 fully saturated rings. The van der Waals surface area contributed by atoms with Crippen molar-refractivity contribution in [2.75, 3.05) is 51.9 Å². The van der Waals surface area contributed by atoms with Gasteiger partial charge in [0.2, 0.25) is 10.0 Å². The van der Waals surface area contributed by atoms with Gasteiger partial charge in [-0.2, -0.15) is 16.1 Å². The Morgan fingerprint density at radius 3 is 2.32 bits per heavy atom. The summed E-state index contributed by atoms with van der Waals surface area (Å²) in [6.45, 7) is 2.03. The first-order chi connectivity index (χ1) is 18.2. The molecule has 0 saturated carbocycles. The van der Waals surface area contributed by atoms with Gasteiger partial charge < -0.3 is 19.7 Å². The highest BCUT2D eigenvalue weighted by Gasteiger charge is 2.31. The van der Waals surface area contributed by atoms with Gasteiger partial charge in [0.05, 0.1) is 17.6 Å². The molecule has 1 aliphatic heterocycles. The maximum Gasteiger partial charge on any atom is 0.329 e. The van der Waals surface area contributed by atoms with Gasteiger partial charge in [0.15, 0.2) is 6.61 Å². The number of ether oxygens (including phenoxy) is 2. The van der Waals surface area contributed by atoms with Gasteiger partial charge in [0, 0.05) is 26.2 Å². The number of methoxy groups -OCH3 is 1. The molecular weight excluding hydrogens is 530 g/mol. The van der Waals surface area contributed by atoms with Crippen molar-refractivity contribution in [3.05, 3.63) is 59.7 Å². The molecule has 38 heavy (non-hydrogen) atoms. The molecule has 2 aromatic rings. The third-order valence-electron chi connectivity index (χ3n) is 6.14. The number of piperazine rings is 1. The SMILES string of the molecule is COc1ccccc1C(=O)N[C@@H](CCSC)C(=O)OCC(=O)N1CCN(S(=O)(=O)c2ccc(C)cc2)CC1. The number of amides is 2. The van der Waals surface area contributed by atoms with Crippen molar-refractivity contribution in [2.45, 2.75) is 24.3 Å². The summed E-state index contributed by atoms with van der Waals surface area (Å²) in [5, 5.41) is 2.68. The van der Waals surface area contributed by atoms with E-state index >= 15 is 0 Å². The van der Waals surface area contributed by atoms with Crippen LogP contribution in [0.5, 0.6) is 5.75 Å². The third-order valence-corrected chi connectivity index (χ3v) is 8.70. The van der Waals surface area contributed by atoms with Crippen LogP contribution in [0.4, 0.5) is 0 Å². The fourth-order valence-electron chi connectivity index (χ4n) is 3.91. The maximum absolute atomic E-state index is 12.9. The molecule has 1 N–H and O–H groups in total. The minimum Gasteiger partial charge on any atom is -0.496 e. The Hall–Kier alpha value is -3.09. The van der Waals surface area contributed by atoms with Gasteiger partial charge >= 0.3 is 5.97 Å². The zero-order chi connectivity index (χ0) is 27.7. The molecule has 1 aliphatic rings. The second-order valence-electron chi connectivity index (χ2n) is 8.71. The number of carbonyl (C=O) groups excluding carboxylic acids is 3. The molecule has 0 unspecified atom stereocenters. The number of benzene rings is 2. The van der Waals surface area contributed by atoms with E-state index in [-0.39, 0.29) is 36.6 Å². The minimum atomic E-state index is -3.65. The molecule has 0 radical (unpaired) electrons. The number of thioether (sulfide) groups is 1. The van der Waals surface area contributed by atoms with Crippen molar-refractivity contribution in [3.8, 4) is 5.75 Å². The fraction of sp³-hybridized carbons (Fsp3) is 0.423. The highest BCUT2D eigenvalue weighted by atomic mass is 32.2. The largest absolute Gasteiger partial charge is 0.496 e. The van der Waals surface area contributed by atoms with Crippen LogP contribution >= 0.6 is 11.8 Å². The van der Waals surface area contributed by atoms with E-state index < -0.39 is 40.5 Å². The average molecular weight is 564 g/mol. The highest BCUT2D eigenvalue weighted by Crippen LogP contribution is 2.19. The minimum absolute atomic E-state index is 0.140. The zero-order valence-electron chi connectivity index (χ0n) is 21.7. The lowest BCUT2D eigenvalue weighted by atomic mass is 10.1. The van der Waals surface area contributed by atoms with E-state index in [4.69, 9.17) is 9.47 Å². The van der Waals surface area contributed by atoms with Crippen LogP contribution in [0.1, 0.15) is 22.3 Å². The van der Waals surface area contributed by atoms with Crippen LogP contribution in [0.25, 0.3) is 0 Å². The van der Waals surface area contributed by atoms with Crippen molar-refractivity contribution in [3.63, 3.8) is 0 Å². The van der Waals surface area contributed by atoms with E-state index in [2.05, 4.69) is 5.32 Å². The second-order valence-corrected chi connectivity index (χ2v) is 11.6. The number of sulfonamides is 1. The Morgan fingerprint density at radius 2 is 1.68 bits per heavy atom. The molecule has 0 spiro atoms. The molecule has 1 saturated heterocycles. The normalized spacial score (nSPS) is 15.0. The molecule has 1 atom stereocenters. The molecule has 12 heteroatoms. The van der Waals surface area contributed by atoms with Gasteiger partial charge in [-0.3, -0.25) is 9.59 Å². The molecule has 2 aromatic carbocycles. The van der Waals surface area contributed by atoms with E-state index in [0.29, 0.717) is 17.9 Å². The number of carbonyl (C=O) groups is 3. The van der Waals surface area contributed by atoms with Crippen LogP contribution < -0.4 is 10.1 Å². The van der Waals surface area contributed by atoms with Crippen molar-refractivity contribution in [1.82, 2.24) is 14.5 Å². The number of nitrogens with zero attached hydrogens (tertiary/aromatic N) is 2. The van der Waals surface area contributed by atoms with Crippen molar-refractivity contribution in [1.29, 1.82) is 0 Å². The molecule has 0 bridgehead atoms. The first-order valence-corrected chi connectivity index (χ1v) is 14.9. The number of nitrogens with one attached hydrogen (secondary N) is 1. The van der Waals surface area contributed by atoms with Gasteiger partial charge in [-0.05, 0) is 49.6 Å². The standard InChI is InChI=1S/C26H33N3O7S2/c1-19-8-10-20(11-9-19)38(33,34)29-15-13-28(14-16-29)24(30)18-36-26(32)22(12-17-37-3)27-25(31)21-6-4-5-7-23(21)35-2/h4-11,22H,12-18H2,1-3H3,(H,27,31)/t22-/m0/s1. The summed E-state index contributed by atoms with van der Waals surface area (Å²) in [5.74, 6) is -0.651.